The van der Waals surface area contributed by atoms with Crippen LogP contribution in [0.5, 0.6) is 0 Å². The number of halogens is 4. The highest BCUT2D eigenvalue weighted by Crippen LogP contribution is 2.60. The van der Waals surface area contributed by atoms with E-state index in [0.29, 0.717) is 0 Å². The third kappa shape index (κ3) is 4.06. The van der Waals surface area contributed by atoms with Crippen LogP contribution in [0.2, 0.25) is 0 Å². The van der Waals surface area contributed by atoms with Crippen LogP contribution in [0, 0.1) is 51.9 Å². The minimum absolute atomic E-state index is 0.0900. The van der Waals surface area contributed by atoms with Crippen LogP contribution in [-0.4, -0.2) is 25.3 Å². The fourth-order valence-electron chi connectivity index (χ4n) is 3.22. The van der Waals surface area contributed by atoms with Crippen molar-refractivity contribution in [1.29, 1.82) is 5.26 Å². The molecule has 1 aromatic carbocycles. The lowest BCUT2D eigenvalue weighted by atomic mass is 10.1. The van der Waals surface area contributed by atoms with Crippen molar-refractivity contribution < 1.29 is 41.4 Å². The van der Waals surface area contributed by atoms with E-state index in [1.54, 1.807) is 19.9 Å². The normalized spacial score (nSPS) is 19.6. The number of nitriles is 1. The van der Waals surface area contributed by atoms with Gasteiger partial charge < -0.3 is 14.3 Å². The Kier molecular flexibility index (Phi) is 6.65. The van der Waals surface area contributed by atoms with E-state index in [1.165, 1.54) is 6.08 Å². The quantitative estimate of drug-likeness (QED) is 0.166. The Balaban J connectivity index is 2.21. The largest absolute Gasteiger partial charge is 0.465 e. The van der Waals surface area contributed by atoms with Gasteiger partial charge in [0.15, 0.2) is 23.3 Å². The van der Waals surface area contributed by atoms with Crippen LogP contribution in [0.3, 0.4) is 0 Å². The van der Waals surface area contributed by atoms with E-state index in [0.717, 1.165) is 7.11 Å². The Hall–Kier alpha value is -3.22. The number of hydrogen-bond acceptors (Lipinski definition) is 6. The van der Waals surface area contributed by atoms with E-state index in [4.69, 9.17) is 10.00 Å². The summed E-state index contributed by atoms with van der Waals surface area (Å²) in [6.45, 7) is 2.19. The molecule has 0 aliphatic heterocycles. The fourth-order valence-corrected chi connectivity index (χ4v) is 3.22. The Morgan fingerprint density at radius 3 is 2.10 bits per heavy atom. The standard InChI is InChI=1S/C20H17F4NO5/c1-20(2)12(6-9(7-25)18(27)29-3)13(20)19(28)30-8-11-16(23)14(21)10(4-5-26)15(22)17(11)24/h5-6,12-13H,4,8H2,1-3H3/b9-6+. The van der Waals surface area contributed by atoms with Crippen LogP contribution in [0.1, 0.15) is 25.0 Å². The number of rotatable bonds is 7. The predicted octanol–water partition coefficient (Wildman–Crippen LogP) is 2.92. The SMILES string of the molecule is COC(=O)/C(C#N)=C/C1C(C(=O)OCc2c(F)c(F)c(CC=O)c(F)c2F)C1(C)C. The van der Waals surface area contributed by atoms with Gasteiger partial charge in [-0.15, -0.1) is 0 Å². The number of carbonyl (C=O) groups is 3. The van der Waals surface area contributed by atoms with Crippen molar-refractivity contribution >= 4 is 18.2 Å². The van der Waals surface area contributed by atoms with E-state index in [2.05, 4.69) is 4.74 Å². The van der Waals surface area contributed by atoms with Gasteiger partial charge in [-0.25, -0.2) is 22.4 Å². The topological polar surface area (TPSA) is 93.5 Å². The van der Waals surface area contributed by atoms with Crippen LogP contribution in [0.15, 0.2) is 11.6 Å². The third-order valence-corrected chi connectivity index (χ3v) is 5.13. The summed E-state index contributed by atoms with van der Waals surface area (Å²) in [6, 6.07) is 1.65. The molecule has 10 heteroatoms. The van der Waals surface area contributed by atoms with Crippen molar-refractivity contribution in [2.24, 2.45) is 17.3 Å². The summed E-state index contributed by atoms with van der Waals surface area (Å²) in [5.41, 5.74) is -3.26. The molecular formula is C20H17F4NO5. The molecule has 0 radical (unpaired) electrons. The summed E-state index contributed by atoms with van der Waals surface area (Å²) in [7, 11) is 1.08. The molecule has 0 amide bonds. The number of benzene rings is 1. The lowest BCUT2D eigenvalue weighted by molar-refractivity contribution is -0.147. The first kappa shape index (κ1) is 23.1. The van der Waals surface area contributed by atoms with Crippen molar-refractivity contribution in [1.82, 2.24) is 0 Å². The van der Waals surface area contributed by atoms with Crippen molar-refractivity contribution in [3.8, 4) is 6.07 Å². The second kappa shape index (κ2) is 8.65. The summed E-state index contributed by atoms with van der Waals surface area (Å²) in [5.74, 6) is -10.3. The number of allylic oxidation sites excluding steroid dienone is 1. The molecule has 2 rings (SSSR count). The molecule has 2 atom stereocenters. The zero-order chi connectivity index (χ0) is 22.8. The first-order valence-corrected chi connectivity index (χ1v) is 8.67. The number of aldehydes is 1. The lowest BCUT2D eigenvalue weighted by Gasteiger charge is -2.11. The van der Waals surface area contributed by atoms with E-state index >= 15 is 0 Å². The number of hydrogen-bond donors (Lipinski definition) is 0. The van der Waals surface area contributed by atoms with Gasteiger partial charge in [0.25, 0.3) is 0 Å². The Morgan fingerprint density at radius 2 is 1.63 bits per heavy atom. The van der Waals surface area contributed by atoms with Crippen LogP contribution in [-0.2, 0) is 36.9 Å². The summed E-state index contributed by atoms with van der Waals surface area (Å²) >= 11 is 0. The Bertz CT molecular complexity index is 951. The van der Waals surface area contributed by atoms with Gasteiger partial charge in [0.2, 0.25) is 0 Å². The maximum Gasteiger partial charge on any atom is 0.348 e. The minimum Gasteiger partial charge on any atom is -0.465 e. The highest BCUT2D eigenvalue weighted by Gasteiger charge is 2.61. The Labute approximate surface area is 169 Å². The van der Waals surface area contributed by atoms with Crippen LogP contribution < -0.4 is 0 Å². The Morgan fingerprint density at radius 1 is 1.10 bits per heavy atom. The van der Waals surface area contributed by atoms with Gasteiger partial charge in [-0.1, -0.05) is 19.9 Å². The zero-order valence-electron chi connectivity index (χ0n) is 16.2. The van der Waals surface area contributed by atoms with Gasteiger partial charge in [-0.2, -0.15) is 5.26 Å². The van der Waals surface area contributed by atoms with E-state index in [-0.39, 0.29) is 11.9 Å². The fraction of sp³-hybridized carbons (Fsp3) is 0.400. The molecule has 0 N–H and O–H groups in total. The van der Waals surface area contributed by atoms with Crippen LogP contribution in [0.4, 0.5) is 17.6 Å². The molecule has 30 heavy (non-hydrogen) atoms. The number of esters is 2. The van der Waals surface area contributed by atoms with Crippen LogP contribution >= 0.6 is 0 Å². The number of methoxy groups -OCH3 is 1. The van der Waals surface area contributed by atoms with Gasteiger partial charge in [0.1, 0.15) is 24.5 Å². The lowest BCUT2D eigenvalue weighted by Crippen LogP contribution is -2.15. The first-order chi connectivity index (χ1) is 14.0. The molecule has 1 aliphatic rings. The van der Waals surface area contributed by atoms with Crippen LogP contribution in [0.25, 0.3) is 0 Å². The van der Waals surface area contributed by atoms with E-state index in [9.17, 15) is 31.9 Å². The zero-order valence-corrected chi connectivity index (χ0v) is 16.2. The summed E-state index contributed by atoms with van der Waals surface area (Å²) in [4.78, 5) is 34.3. The van der Waals surface area contributed by atoms with Gasteiger partial charge in [0, 0.05) is 12.0 Å². The molecule has 0 heterocycles. The predicted molar refractivity (Wildman–Crippen MR) is 92.3 cm³/mol. The molecule has 1 saturated carbocycles. The second-order valence-electron chi connectivity index (χ2n) is 7.20. The van der Waals surface area contributed by atoms with Crippen molar-refractivity contribution in [3.05, 3.63) is 46.0 Å². The molecule has 1 fully saturated rings. The van der Waals surface area contributed by atoms with Crippen molar-refractivity contribution in [2.45, 2.75) is 26.9 Å². The number of ether oxygens (including phenoxy) is 2. The van der Waals surface area contributed by atoms with Gasteiger partial charge in [-0.3, -0.25) is 4.79 Å². The molecule has 160 valence electrons. The first-order valence-electron chi connectivity index (χ1n) is 8.67. The number of carbonyl (C=O) groups excluding carboxylic acids is 3. The van der Waals surface area contributed by atoms with Gasteiger partial charge >= 0.3 is 11.9 Å². The maximum atomic E-state index is 14.1. The third-order valence-electron chi connectivity index (χ3n) is 5.13. The van der Waals surface area contributed by atoms with Gasteiger partial charge in [0.05, 0.1) is 18.6 Å². The number of nitrogens with zero attached hydrogens (tertiary/aromatic N) is 1. The summed E-state index contributed by atoms with van der Waals surface area (Å²) in [6.07, 6.45) is 0.469. The molecule has 2 unspecified atom stereocenters. The average Bonchev–Trinajstić information content (AvgIpc) is 3.26. The molecule has 6 nitrogen and oxygen atoms in total. The van der Waals surface area contributed by atoms with E-state index < -0.39 is 76.6 Å². The molecular weight excluding hydrogens is 410 g/mol. The molecule has 0 bridgehead atoms. The summed E-state index contributed by atoms with van der Waals surface area (Å²) < 4.78 is 65.3. The minimum atomic E-state index is -1.76. The highest BCUT2D eigenvalue weighted by atomic mass is 19.2. The molecule has 1 aliphatic carbocycles. The van der Waals surface area contributed by atoms with Crippen molar-refractivity contribution in [2.75, 3.05) is 7.11 Å². The van der Waals surface area contributed by atoms with Crippen molar-refractivity contribution in [3.63, 3.8) is 0 Å². The van der Waals surface area contributed by atoms with E-state index in [1.807, 2.05) is 0 Å². The smallest absolute Gasteiger partial charge is 0.348 e. The monoisotopic (exact) mass is 427 g/mol. The average molecular weight is 427 g/mol. The van der Waals surface area contributed by atoms with Gasteiger partial charge in [-0.05, 0) is 11.3 Å². The summed E-state index contributed by atoms with van der Waals surface area (Å²) in [5, 5.41) is 9.01. The highest BCUT2D eigenvalue weighted by molar-refractivity contribution is 5.93. The maximum absolute atomic E-state index is 14.1. The molecule has 0 spiro atoms. The molecule has 0 aromatic heterocycles. The molecule has 1 aromatic rings. The second-order valence-corrected chi connectivity index (χ2v) is 7.20. The molecule has 0 saturated heterocycles.